The largest absolute Gasteiger partial charge is 0.0654 e. The predicted molar refractivity (Wildman–Crippen MR) is 265 cm³/mol. The van der Waals surface area contributed by atoms with Crippen LogP contribution in [0.2, 0.25) is 0 Å². The quantitative estimate of drug-likeness (QED) is 0.0427. The lowest BCUT2D eigenvalue weighted by molar-refractivity contribution is 0.663. The number of rotatable bonds is 24. The van der Waals surface area contributed by atoms with Crippen LogP contribution in [0.25, 0.3) is 44.5 Å². The highest BCUT2D eigenvalue weighted by Gasteiger charge is 2.14. The van der Waals surface area contributed by atoms with Crippen molar-refractivity contribution < 1.29 is 0 Å². The Morgan fingerprint density at radius 2 is 0.536 bits per heavy atom. The van der Waals surface area contributed by atoms with Crippen LogP contribution in [0.3, 0.4) is 0 Å². The maximum absolute atomic E-state index is 2.59. The second-order valence-corrected chi connectivity index (χ2v) is 18.5. The summed E-state index contributed by atoms with van der Waals surface area (Å²) in [7, 11) is 0. The van der Waals surface area contributed by atoms with E-state index in [1.807, 2.05) is 0 Å². The lowest BCUT2D eigenvalue weighted by Gasteiger charge is -2.16. The average molecular weight is 971 g/mol. The van der Waals surface area contributed by atoms with E-state index < -0.39 is 0 Å². The Labute approximate surface area is 369 Å². The molecule has 0 bridgehead atoms. The van der Waals surface area contributed by atoms with Gasteiger partial charge in [0, 0.05) is 7.14 Å². The van der Waals surface area contributed by atoms with E-state index in [1.165, 1.54) is 189 Å². The summed E-state index contributed by atoms with van der Waals surface area (Å²) in [6.45, 7) is 9.20. The van der Waals surface area contributed by atoms with E-state index in [-0.39, 0.29) is 0 Å². The van der Waals surface area contributed by atoms with Gasteiger partial charge in [0.25, 0.3) is 0 Å². The Bertz CT molecular complexity index is 1740. The molecule has 56 heavy (non-hydrogen) atoms. The van der Waals surface area contributed by atoms with Crippen molar-refractivity contribution in [1.82, 2.24) is 0 Å². The molecule has 0 aromatic heterocycles. The van der Waals surface area contributed by atoms with Crippen molar-refractivity contribution in [3.8, 4) is 44.5 Å². The third-order valence-electron chi connectivity index (χ3n) is 11.7. The van der Waals surface area contributed by atoms with Gasteiger partial charge in [0.2, 0.25) is 0 Å². The van der Waals surface area contributed by atoms with Crippen LogP contribution in [0.1, 0.15) is 153 Å². The summed E-state index contributed by atoms with van der Waals surface area (Å²) in [6.07, 6.45) is 25.5. The van der Waals surface area contributed by atoms with Gasteiger partial charge in [0.05, 0.1) is 0 Å². The van der Waals surface area contributed by atoms with Crippen molar-refractivity contribution in [2.75, 3.05) is 0 Å². The molecule has 0 spiro atoms. The summed E-state index contributed by atoms with van der Waals surface area (Å²) in [6, 6.07) is 38.0. The first-order chi connectivity index (χ1) is 27.4. The van der Waals surface area contributed by atoms with Gasteiger partial charge in [-0.05, 0) is 188 Å². The van der Waals surface area contributed by atoms with Gasteiger partial charge in [0.1, 0.15) is 0 Å². The molecular weight excluding hydrogens is 902 g/mol. The second-order valence-electron chi connectivity index (χ2n) is 16.2. The van der Waals surface area contributed by atoms with Crippen LogP contribution >= 0.6 is 45.2 Å². The molecule has 0 radical (unpaired) electrons. The molecule has 0 aliphatic rings. The summed E-state index contributed by atoms with van der Waals surface area (Å²) in [5.74, 6) is 0. The standard InChI is InChI=1S/C54H68I2/c1-5-9-13-17-21-47-39-53(55)49(23-19-15-11-7-3)37-51(47)45-33-29-43(30-34-45)41-25-27-42(28-26-41)44-31-35-46(36-32-44)52-38-50(24-20-16-12-8-4)54(56)40-48(52)22-18-14-10-6-2/h25-40H,5-24H2,1-4H3. The molecule has 0 heterocycles. The minimum atomic E-state index is 1.16. The zero-order valence-corrected chi connectivity index (χ0v) is 39.5. The molecular formula is C54H68I2. The van der Waals surface area contributed by atoms with Crippen molar-refractivity contribution in [2.45, 2.75) is 156 Å². The molecule has 0 atom stereocenters. The maximum Gasteiger partial charge on any atom is 0.0165 e. The number of hydrogen-bond donors (Lipinski definition) is 0. The van der Waals surface area contributed by atoms with Crippen LogP contribution in [0, 0.1) is 7.14 Å². The first kappa shape index (κ1) is 44.7. The van der Waals surface area contributed by atoms with E-state index in [2.05, 4.69) is 170 Å². The molecule has 5 aromatic rings. The van der Waals surface area contributed by atoms with Gasteiger partial charge in [-0.25, -0.2) is 0 Å². The molecule has 0 aliphatic carbocycles. The molecule has 0 nitrogen and oxygen atoms in total. The van der Waals surface area contributed by atoms with Crippen LogP contribution in [-0.4, -0.2) is 0 Å². The summed E-state index contributed by atoms with van der Waals surface area (Å²) in [5.41, 5.74) is 16.7. The molecule has 0 aliphatic heterocycles. The Morgan fingerprint density at radius 3 is 0.804 bits per heavy atom. The van der Waals surface area contributed by atoms with Crippen molar-refractivity contribution in [1.29, 1.82) is 0 Å². The molecule has 0 saturated carbocycles. The molecule has 0 unspecified atom stereocenters. The van der Waals surface area contributed by atoms with E-state index in [4.69, 9.17) is 0 Å². The molecule has 0 saturated heterocycles. The highest BCUT2D eigenvalue weighted by molar-refractivity contribution is 14.1. The van der Waals surface area contributed by atoms with Crippen LogP contribution in [0.15, 0.2) is 97.1 Å². The number of hydrogen-bond acceptors (Lipinski definition) is 0. The maximum atomic E-state index is 2.59. The molecule has 5 rings (SSSR count). The lowest BCUT2D eigenvalue weighted by atomic mass is 9.91. The average Bonchev–Trinajstić information content (AvgIpc) is 3.23. The minimum absolute atomic E-state index is 1.16. The van der Waals surface area contributed by atoms with Gasteiger partial charge >= 0.3 is 0 Å². The van der Waals surface area contributed by atoms with Gasteiger partial charge < -0.3 is 0 Å². The smallest absolute Gasteiger partial charge is 0.0165 e. The molecule has 0 N–H and O–H groups in total. The molecule has 0 fully saturated rings. The highest BCUT2D eigenvalue weighted by Crippen LogP contribution is 2.35. The Balaban J connectivity index is 1.33. The van der Waals surface area contributed by atoms with Crippen molar-refractivity contribution in [2.24, 2.45) is 0 Å². The predicted octanol–water partition coefficient (Wildman–Crippen LogP) is 18.1. The molecule has 298 valence electrons. The molecule has 0 amide bonds. The monoisotopic (exact) mass is 970 g/mol. The first-order valence-corrected chi connectivity index (χ1v) is 24.6. The van der Waals surface area contributed by atoms with Gasteiger partial charge in [0.15, 0.2) is 0 Å². The Hall–Kier alpha value is -2.44. The lowest BCUT2D eigenvalue weighted by Crippen LogP contribution is -1.98. The minimum Gasteiger partial charge on any atom is -0.0654 e. The van der Waals surface area contributed by atoms with E-state index >= 15 is 0 Å². The van der Waals surface area contributed by atoms with Gasteiger partial charge in [-0.15, -0.1) is 0 Å². The van der Waals surface area contributed by atoms with E-state index in [1.54, 1.807) is 0 Å². The van der Waals surface area contributed by atoms with E-state index in [9.17, 15) is 0 Å². The third-order valence-corrected chi connectivity index (χ3v) is 13.7. The van der Waals surface area contributed by atoms with Gasteiger partial charge in [-0.1, -0.05) is 178 Å². The Kier molecular flexibility index (Phi) is 19.5. The number of unbranched alkanes of at least 4 members (excludes halogenated alkanes) is 12. The number of aryl methyl sites for hydroxylation is 4. The zero-order chi connectivity index (χ0) is 39.5. The van der Waals surface area contributed by atoms with Crippen molar-refractivity contribution in [3.05, 3.63) is 126 Å². The summed E-state index contributed by atoms with van der Waals surface area (Å²) >= 11 is 5.18. The first-order valence-electron chi connectivity index (χ1n) is 22.4. The summed E-state index contributed by atoms with van der Waals surface area (Å²) in [4.78, 5) is 0. The van der Waals surface area contributed by atoms with Crippen LogP contribution < -0.4 is 0 Å². The fourth-order valence-corrected chi connectivity index (χ4v) is 9.76. The van der Waals surface area contributed by atoms with Crippen LogP contribution in [-0.2, 0) is 25.7 Å². The van der Waals surface area contributed by atoms with Crippen LogP contribution in [0.5, 0.6) is 0 Å². The third kappa shape index (κ3) is 13.3. The SMILES string of the molecule is CCCCCCc1cc(-c2ccc(-c3ccc(-c4ccc(-c5cc(CCCCCC)c(I)cc5CCCCCC)cc4)cc3)cc2)c(CCCCCC)cc1I. The topological polar surface area (TPSA) is 0 Å². The van der Waals surface area contributed by atoms with Crippen molar-refractivity contribution in [3.63, 3.8) is 0 Å². The fraction of sp³-hybridized carbons (Fsp3) is 0.444. The summed E-state index contributed by atoms with van der Waals surface area (Å²) < 4.78 is 2.89. The molecule has 5 aromatic carbocycles. The van der Waals surface area contributed by atoms with Gasteiger partial charge in [-0.2, -0.15) is 0 Å². The summed E-state index contributed by atoms with van der Waals surface area (Å²) in [5, 5.41) is 0. The molecule has 2 heteroatoms. The van der Waals surface area contributed by atoms with Crippen LogP contribution in [0.4, 0.5) is 0 Å². The number of benzene rings is 5. The van der Waals surface area contributed by atoms with E-state index in [0.717, 1.165) is 12.8 Å². The van der Waals surface area contributed by atoms with E-state index in [0.29, 0.717) is 0 Å². The normalized spacial score (nSPS) is 11.4. The highest BCUT2D eigenvalue weighted by atomic mass is 127. The van der Waals surface area contributed by atoms with Gasteiger partial charge in [-0.3, -0.25) is 0 Å². The second kappa shape index (κ2) is 24.5. The fourth-order valence-electron chi connectivity index (χ4n) is 8.16. The zero-order valence-electron chi connectivity index (χ0n) is 35.1. The van der Waals surface area contributed by atoms with Crippen molar-refractivity contribution >= 4 is 45.2 Å². The number of halogens is 2. The Morgan fingerprint density at radius 1 is 0.286 bits per heavy atom.